The molecule has 192 valence electrons. The van der Waals surface area contributed by atoms with Crippen molar-refractivity contribution in [1.29, 1.82) is 0 Å². The summed E-state index contributed by atoms with van der Waals surface area (Å²) in [5, 5.41) is 4.12. The molecule has 7 nitrogen and oxygen atoms in total. The number of hydrogen-bond donors (Lipinski definition) is 1. The molecule has 0 bridgehead atoms. The average Bonchev–Trinajstić information content (AvgIpc) is 3.52. The highest BCUT2D eigenvalue weighted by atomic mass is 32.1. The highest BCUT2D eigenvalue weighted by Crippen LogP contribution is 2.44. The van der Waals surface area contributed by atoms with Crippen molar-refractivity contribution >= 4 is 44.7 Å². The molecular weight excluding hydrogens is 475 g/mol. The molecule has 3 aromatic heterocycles. The first-order chi connectivity index (χ1) is 17.4. The first-order valence-electron chi connectivity index (χ1n) is 12.9. The van der Waals surface area contributed by atoms with Crippen molar-refractivity contribution in [1.82, 2.24) is 19.8 Å². The maximum atomic E-state index is 15.1. The summed E-state index contributed by atoms with van der Waals surface area (Å²) in [6.45, 7) is 8.09. The second kappa shape index (κ2) is 10.3. The van der Waals surface area contributed by atoms with Gasteiger partial charge in [-0.05, 0) is 43.9 Å². The molecule has 1 aliphatic carbocycles. The third-order valence-electron chi connectivity index (χ3n) is 7.59. The Balaban J connectivity index is 1.41. The van der Waals surface area contributed by atoms with Crippen molar-refractivity contribution < 1.29 is 9.18 Å². The lowest BCUT2D eigenvalue weighted by molar-refractivity contribution is 0.0831. The first-order valence-corrected chi connectivity index (χ1v) is 13.7. The number of hydrogen-bond acceptors (Lipinski definition) is 7. The normalized spacial score (nSPS) is 19.2. The zero-order chi connectivity index (χ0) is 25.4. The Hall–Kier alpha value is -2.78. The largest absolute Gasteiger partial charge is 0.367 e. The number of halogens is 1. The maximum Gasteiger partial charge on any atom is 0.263 e. The minimum Gasteiger partial charge on any atom is -0.367 e. The molecule has 3 aromatic rings. The predicted octanol–water partition coefficient (Wildman–Crippen LogP) is 5.46. The van der Waals surface area contributed by atoms with E-state index in [9.17, 15) is 4.79 Å². The fourth-order valence-electron chi connectivity index (χ4n) is 5.59. The van der Waals surface area contributed by atoms with Gasteiger partial charge in [-0.3, -0.25) is 9.69 Å². The van der Waals surface area contributed by atoms with Gasteiger partial charge >= 0.3 is 0 Å². The molecule has 1 saturated heterocycles. The van der Waals surface area contributed by atoms with Crippen molar-refractivity contribution in [2.75, 3.05) is 50.5 Å². The highest BCUT2D eigenvalue weighted by molar-refractivity contribution is 7.21. The summed E-state index contributed by atoms with van der Waals surface area (Å²) in [6.07, 6.45) is 8.07. The molecule has 0 spiro atoms. The van der Waals surface area contributed by atoms with E-state index in [0.29, 0.717) is 17.8 Å². The van der Waals surface area contributed by atoms with Crippen LogP contribution in [0.5, 0.6) is 0 Å². The molecule has 1 aliphatic heterocycles. The van der Waals surface area contributed by atoms with Crippen LogP contribution in [0.3, 0.4) is 0 Å². The topological polar surface area (TPSA) is 64.6 Å². The number of nitrogens with zero attached hydrogens (tertiary/aromatic N) is 5. The molecule has 1 N–H and O–H groups in total. The summed E-state index contributed by atoms with van der Waals surface area (Å²) in [5.41, 5.74) is 1.93. The van der Waals surface area contributed by atoms with Crippen molar-refractivity contribution in [3.8, 4) is 0 Å². The van der Waals surface area contributed by atoms with E-state index >= 15 is 4.39 Å². The number of amides is 1. The molecule has 2 aliphatic rings. The Morgan fingerprint density at radius 1 is 1.19 bits per heavy atom. The second-order valence-corrected chi connectivity index (χ2v) is 11.2. The fraction of sp³-hybridized carbons (Fsp3) is 0.519. The van der Waals surface area contributed by atoms with Gasteiger partial charge in [-0.1, -0.05) is 19.8 Å². The number of thiophene rings is 1. The molecule has 1 amide bonds. The molecule has 9 heteroatoms. The summed E-state index contributed by atoms with van der Waals surface area (Å²) in [6, 6.07) is 3.93. The quantitative estimate of drug-likeness (QED) is 0.475. The van der Waals surface area contributed by atoms with Crippen LogP contribution in [0, 0.1) is 5.82 Å². The van der Waals surface area contributed by atoms with E-state index in [2.05, 4.69) is 38.9 Å². The molecule has 0 aromatic carbocycles. The minimum atomic E-state index is -0.398. The molecule has 0 unspecified atom stereocenters. The minimum absolute atomic E-state index is 0.0324. The lowest BCUT2D eigenvalue weighted by Gasteiger charge is -2.40. The summed E-state index contributed by atoms with van der Waals surface area (Å²) in [7, 11) is 3.58. The highest BCUT2D eigenvalue weighted by Gasteiger charge is 2.28. The van der Waals surface area contributed by atoms with Crippen molar-refractivity contribution in [3.05, 3.63) is 40.8 Å². The lowest BCUT2D eigenvalue weighted by atomic mass is 9.94. The fourth-order valence-corrected chi connectivity index (χ4v) is 6.85. The molecule has 1 saturated carbocycles. The summed E-state index contributed by atoms with van der Waals surface area (Å²) in [4.78, 5) is 29.0. The number of piperazine rings is 1. The molecule has 0 radical (unpaired) electrons. The van der Waals surface area contributed by atoms with Crippen LogP contribution in [-0.4, -0.2) is 72.0 Å². The second-order valence-electron chi connectivity index (χ2n) is 10.2. The Kier molecular flexibility index (Phi) is 7.12. The standard InChI is InChI=1S/C27H35FN6OS/c1-5-33-10-11-34(16-17(33)2)19-12-21(28)26(30-14-19)31-23-13-20-22(15-29-23)36-25(27(35)32(3)4)24(20)18-8-6-7-9-18/h12-15,17-18H,5-11,16H2,1-4H3,(H,29,30,31)/t17-/m1/s1. The van der Waals surface area contributed by atoms with Crippen LogP contribution in [0.25, 0.3) is 10.1 Å². The van der Waals surface area contributed by atoms with Gasteiger partial charge in [-0.25, -0.2) is 14.4 Å². The van der Waals surface area contributed by atoms with Gasteiger partial charge in [-0.15, -0.1) is 11.3 Å². The van der Waals surface area contributed by atoms with E-state index in [0.717, 1.165) is 65.2 Å². The van der Waals surface area contributed by atoms with Gasteiger partial charge in [-0.2, -0.15) is 0 Å². The van der Waals surface area contributed by atoms with Crippen LogP contribution in [0.4, 0.5) is 21.7 Å². The van der Waals surface area contributed by atoms with Gasteiger partial charge in [0.05, 0.1) is 21.5 Å². The summed E-state index contributed by atoms with van der Waals surface area (Å²) < 4.78 is 16.1. The third kappa shape index (κ3) is 4.78. The lowest BCUT2D eigenvalue weighted by Crippen LogP contribution is -2.51. The Morgan fingerprint density at radius 3 is 2.64 bits per heavy atom. The molecule has 2 fully saturated rings. The van der Waals surface area contributed by atoms with Gasteiger partial charge in [0, 0.05) is 57.4 Å². The van der Waals surface area contributed by atoms with E-state index in [-0.39, 0.29) is 11.7 Å². The number of anilines is 3. The monoisotopic (exact) mass is 510 g/mol. The van der Waals surface area contributed by atoms with Crippen LogP contribution in [0.1, 0.15) is 60.7 Å². The van der Waals surface area contributed by atoms with Gasteiger partial charge in [0.25, 0.3) is 5.91 Å². The van der Waals surface area contributed by atoms with E-state index in [1.807, 2.05) is 6.07 Å². The van der Waals surface area contributed by atoms with Crippen molar-refractivity contribution in [2.24, 2.45) is 0 Å². The SMILES string of the molecule is CCN1CCN(c2cnc(Nc3cc4c(C5CCCC5)c(C(=O)N(C)C)sc4cn3)c(F)c2)C[C@H]1C. The predicted molar refractivity (Wildman–Crippen MR) is 145 cm³/mol. The van der Waals surface area contributed by atoms with Crippen LogP contribution >= 0.6 is 11.3 Å². The Labute approximate surface area is 216 Å². The van der Waals surface area contributed by atoms with Crippen molar-refractivity contribution in [3.63, 3.8) is 0 Å². The number of fused-ring (bicyclic) bond motifs is 1. The third-order valence-corrected chi connectivity index (χ3v) is 8.73. The maximum absolute atomic E-state index is 15.1. The Bertz CT molecular complexity index is 1250. The van der Waals surface area contributed by atoms with Crippen molar-refractivity contribution in [2.45, 2.75) is 51.5 Å². The summed E-state index contributed by atoms with van der Waals surface area (Å²) in [5.74, 6) is 0.702. The van der Waals surface area contributed by atoms with Crippen LogP contribution in [-0.2, 0) is 0 Å². The number of carbonyl (C=O) groups is 1. The Morgan fingerprint density at radius 2 is 1.97 bits per heavy atom. The number of aromatic nitrogens is 2. The number of nitrogens with one attached hydrogen (secondary N) is 1. The number of carbonyl (C=O) groups excluding carboxylic acids is 1. The summed E-state index contributed by atoms with van der Waals surface area (Å²) >= 11 is 1.50. The van der Waals surface area contributed by atoms with Gasteiger partial charge < -0.3 is 15.1 Å². The zero-order valence-electron chi connectivity index (χ0n) is 21.6. The van der Waals surface area contributed by atoms with Crippen LogP contribution in [0.2, 0.25) is 0 Å². The average molecular weight is 511 g/mol. The molecule has 4 heterocycles. The smallest absolute Gasteiger partial charge is 0.263 e. The number of rotatable bonds is 6. The molecule has 5 rings (SSSR count). The molecular formula is C27H35FN6OS. The van der Waals surface area contributed by atoms with Gasteiger partial charge in [0.15, 0.2) is 11.6 Å². The van der Waals surface area contributed by atoms with Crippen LogP contribution in [0.15, 0.2) is 24.5 Å². The zero-order valence-corrected chi connectivity index (χ0v) is 22.4. The van der Waals surface area contributed by atoms with Gasteiger partial charge in [0.1, 0.15) is 5.82 Å². The van der Waals surface area contributed by atoms with Gasteiger partial charge in [0.2, 0.25) is 0 Å². The molecule has 36 heavy (non-hydrogen) atoms. The van der Waals surface area contributed by atoms with E-state index in [1.165, 1.54) is 24.2 Å². The van der Waals surface area contributed by atoms with E-state index in [4.69, 9.17) is 0 Å². The molecule has 1 atom stereocenters. The van der Waals surface area contributed by atoms with Crippen LogP contribution < -0.4 is 10.2 Å². The number of pyridine rings is 2. The first kappa shape index (κ1) is 24.9. The number of likely N-dealkylation sites (N-methyl/N-ethyl adjacent to an activating group) is 1. The van der Waals surface area contributed by atoms with E-state index in [1.54, 1.807) is 37.5 Å². The van der Waals surface area contributed by atoms with E-state index < -0.39 is 5.82 Å².